The molecule has 0 N–H and O–H groups in total. The predicted molar refractivity (Wildman–Crippen MR) is 279 cm³/mol. The molecule has 0 saturated carbocycles. The van der Waals surface area contributed by atoms with Crippen molar-refractivity contribution in [1.82, 2.24) is 0 Å². The molecule has 2 nitrogen and oxygen atoms in total. The molecule has 1 heterocycles. The molecule has 0 saturated heterocycles. The summed E-state index contributed by atoms with van der Waals surface area (Å²) in [4.78, 5) is 2.40. The fourth-order valence-electron chi connectivity index (χ4n) is 11.6. The number of para-hydroxylation sites is 2. The monoisotopic (exact) mass is 851 g/mol. The molecule has 0 atom stereocenters. The Morgan fingerprint density at radius 2 is 0.821 bits per heavy atom. The summed E-state index contributed by atoms with van der Waals surface area (Å²) in [5.74, 6) is 0. The van der Waals surface area contributed by atoms with Gasteiger partial charge in [0.2, 0.25) is 0 Å². The molecular formula is C65H41NO. The Balaban J connectivity index is 0.994. The second-order valence-corrected chi connectivity index (χ2v) is 17.9. The van der Waals surface area contributed by atoms with Crippen LogP contribution in [0.1, 0.15) is 22.3 Å². The van der Waals surface area contributed by atoms with Crippen LogP contribution < -0.4 is 4.90 Å². The zero-order valence-corrected chi connectivity index (χ0v) is 36.5. The molecule has 11 aromatic carbocycles. The molecule has 67 heavy (non-hydrogen) atoms. The Morgan fingerprint density at radius 1 is 0.299 bits per heavy atom. The van der Waals surface area contributed by atoms with Crippen LogP contribution >= 0.6 is 0 Å². The van der Waals surface area contributed by atoms with Gasteiger partial charge in [-0.1, -0.05) is 200 Å². The highest BCUT2D eigenvalue weighted by molar-refractivity contribution is 6.10. The molecule has 2 heteroatoms. The Morgan fingerprint density at radius 3 is 1.64 bits per heavy atom. The van der Waals surface area contributed by atoms with Crippen LogP contribution in [-0.4, -0.2) is 0 Å². The molecule has 312 valence electrons. The zero-order valence-electron chi connectivity index (χ0n) is 36.5. The summed E-state index contributed by atoms with van der Waals surface area (Å²) in [7, 11) is 0. The molecule has 12 aromatic rings. The average molecular weight is 852 g/mol. The summed E-state index contributed by atoms with van der Waals surface area (Å²) in [6.07, 6.45) is 0. The smallest absolute Gasteiger partial charge is 0.159 e. The minimum atomic E-state index is -0.564. The van der Waals surface area contributed by atoms with Crippen molar-refractivity contribution in [2.24, 2.45) is 0 Å². The van der Waals surface area contributed by atoms with E-state index >= 15 is 0 Å². The van der Waals surface area contributed by atoms with Crippen LogP contribution in [-0.2, 0) is 5.41 Å². The van der Waals surface area contributed by atoms with E-state index in [-0.39, 0.29) is 0 Å². The molecule has 14 rings (SSSR count). The van der Waals surface area contributed by atoms with Crippen LogP contribution in [0.4, 0.5) is 17.1 Å². The van der Waals surface area contributed by atoms with Gasteiger partial charge in [-0.25, -0.2) is 0 Å². The molecule has 1 aromatic heterocycles. The molecular weight excluding hydrogens is 811 g/mol. The fourth-order valence-corrected chi connectivity index (χ4v) is 11.6. The minimum Gasteiger partial charge on any atom is -0.454 e. The van der Waals surface area contributed by atoms with Gasteiger partial charge in [0.25, 0.3) is 0 Å². The summed E-state index contributed by atoms with van der Waals surface area (Å²) in [6.45, 7) is 0. The number of fused-ring (bicyclic) bond motifs is 14. The third kappa shape index (κ3) is 5.57. The standard InChI is InChI=1S/C65H41NO/c1-2-15-42(16-3-1)43-31-34-48(35-32-43)66(62-29-14-26-57-56-24-8-11-30-63(56)67-64(57)62)49-36-38-55-54-37-33-46(45-19-12-20-47(39-45)51-25-13-18-44-17-4-5-21-50(44)51)40-60(54)65(61(55)41-49)58-27-9-6-22-52(58)53-23-7-10-28-59(53)65/h1-41H. The summed E-state index contributed by atoms with van der Waals surface area (Å²) < 4.78 is 6.80. The van der Waals surface area contributed by atoms with Crippen LogP contribution in [0.15, 0.2) is 253 Å². The van der Waals surface area contributed by atoms with Gasteiger partial charge in [-0.2, -0.15) is 0 Å². The van der Waals surface area contributed by atoms with Crippen LogP contribution in [0.3, 0.4) is 0 Å². The summed E-state index contributed by atoms with van der Waals surface area (Å²) in [6, 6.07) is 91.4. The first-order valence-electron chi connectivity index (χ1n) is 23.2. The van der Waals surface area contributed by atoms with Crippen molar-refractivity contribution >= 4 is 49.8 Å². The largest absolute Gasteiger partial charge is 0.454 e. The van der Waals surface area contributed by atoms with E-state index in [2.05, 4.69) is 248 Å². The number of anilines is 3. The normalized spacial score (nSPS) is 12.9. The van der Waals surface area contributed by atoms with Crippen LogP contribution in [0.2, 0.25) is 0 Å². The lowest BCUT2D eigenvalue weighted by Gasteiger charge is -2.32. The van der Waals surface area contributed by atoms with Crippen molar-refractivity contribution in [3.8, 4) is 55.6 Å². The summed E-state index contributed by atoms with van der Waals surface area (Å²) in [5, 5.41) is 4.72. The number of benzene rings is 11. The Hall–Kier alpha value is -8.72. The average Bonchev–Trinajstić information content (AvgIpc) is 4.03. The van der Waals surface area contributed by atoms with E-state index in [1.54, 1.807) is 0 Å². The van der Waals surface area contributed by atoms with Gasteiger partial charge in [0.1, 0.15) is 5.58 Å². The number of nitrogens with zero attached hydrogens (tertiary/aromatic N) is 1. The van der Waals surface area contributed by atoms with Gasteiger partial charge in [0.05, 0.1) is 11.1 Å². The fraction of sp³-hybridized carbons (Fsp3) is 0.0154. The van der Waals surface area contributed by atoms with Gasteiger partial charge in [0, 0.05) is 22.1 Å². The summed E-state index contributed by atoms with van der Waals surface area (Å²) in [5.41, 5.74) is 21.8. The lowest BCUT2D eigenvalue weighted by molar-refractivity contribution is 0.669. The van der Waals surface area contributed by atoms with Crippen LogP contribution in [0.5, 0.6) is 0 Å². The number of hydrogen-bond acceptors (Lipinski definition) is 2. The van der Waals surface area contributed by atoms with Gasteiger partial charge >= 0.3 is 0 Å². The Bertz CT molecular complexity index is 3880. The second-order valence-electron chi connectivity index (χ2n) is 17.9. The van der Waals surface area contributed by atoms with Crippen molar-refractivity contribution in [3.05, 3.63) is 271 Å². The molecule has 0 bridgehead atoms. The van der Waals surface area contributed by atoms with Crippen molar-refractivity contribution in [2.75, 3.05) is 4.90 Å². The number of furan rings is 1. The molecule has 2 aliphatic rings. The number of rotatable bonds is 6. The van der Waals surface area contributed by atoms with Crippen molar-refractivity contribution in [1.29, 1.82) is 0 Å². The maximum Gasteiger partial charge on any atom is 0.159 e. The molecule has 0 fully saturated rings. The van der Waals surface area contributed by atoms with Crippen molar-refractivity contribution < 1.29 is 4.42 Å². The molecule has 2 aliphatic carbocycles. The Kier molecular flexibility index (Phi) is 8.23. The molecule has 0 amide bonds. The van der Waals surface area contributed by atoms with Crippen LogP contribution in [0, 0.1) is 0 Å². The third-order valence-electron chi connectivity index (χ3n) is 14.5. The maximum absolute atomic E-state index is 6.80. The van der Waals surface area contributed by atoms with Gasteiger partial charge < -0.3 is 9.32 Å². The number of hydrogen-bond donors (Lipinski definition) is 0. The van der Waals surface area contributed by atoms with Gasteiger partial charge in [-0.3, -0.25) is 0 Å². The highest BCUT2D eigenvalue weighted by Gasteiger charge is 2.52. The van der Waals surface area contributed by atoms with E-state index in [1.165, 1.54) is 88.7 Å². The highest BCUT2D eigenvalue weighted by atomic mass is 16.3. The second kappa shape index (κ2) is 14.7. The first-order valence-corrected chi connectivity index (χ1v) is 23.2. The molecule has 0 unspecified atom stereocenters. The zero-order chi connectivity index (χ0) is 44.1. The van der Waals surface area contributed by atoms with Crippen LogP contribution in [0.25, 0.3) is 88.3 Å². The molecule has 0 radical (unpaired) electrons. The first-order chi connectivity index (χ1) is 33.2. The topological polar surface area (TPSA) is 16.4 Å². The van der Waals surface area contributed by atoms with E-state index < -0.39 is 5.41 Å². The lowest BCUT2D eigenvalue weighted by atomic mass is 9.70. The minimum absolute atomic E-state index is 0.564. The van der Waals surface area contributed by atoms with E-state index in [0.29, 0.717) is 0 Å². The van der Waals surface area contributed by atoms with E-state index in [1.807, 2.05) is 6.07 Å². The molecule has 1 spiro atoms. The quantitative estimate of drug-likeness (QED) is 0.166. The van der Waals surface area contributed by atoms with Crippen molar-refractivity contribution in [2.45, 2.75) is 5.41 Å². The van der Waals surface area contributed by atoms with Gasteiger partial charge in [0.15, 0.2) is 5.58 Å². The Labute approximate surface area is 389 Å². The SMILES string of the molecule is c1ccc(-c2ccc(N(c3ccc4c(c3)C3(c5ccccc5-c5ccccc53)c3cc(-c5cccc(-c6cccc7ccccc67)c5)ccc3-4)c3cccc4c3oc3ccccc34)cc2)cc1. The summed E-state index contributed by atoms with van der Waals surface area (Å²) >= 11 is 0. The predicted octanol–water partition coefficient (Wildman–Crippen LogP) is 17.6. The van der Waals surface area contributed by atoms with Crippen molar-refractivity contribution in [3.63, 3.8) is 0 Å². The lowest BCUT2D eigenvalue weighted by Crippen LogP contribution is -2.26. The van der Waals surface area contributed by atoms with E-state index in [4.69, 9.17) is 4.42 Å². The molecule has 0 aliphatic heterocycles. The highest BCUT2D eigenvalue weighted by Crippen LogP contribution is 2.64. The first kappa shape index (κ1) is 37.6. The maximum atomic E-state index is 6.80. The van der Waals surface area contributed by atoms with E-state index in [9.17, 15) is 0 Å². The van der Waals surface area contributed by atoms with Gasteiger partial charge in [-0.05, 0) is 137 Å². The van der Waals surface area contributed by atoms with E-state index in [0.717, 1.165) is 39.0 Å². The van der Waals surface area contributed by atoms with Gasteiger partial charge in [-0.15, -0.1) is 0 Å². The third-order valence-corrected chi connectivity index (χ3v) is 14.5.